The number of amides is 1. The third kappa shape index (κ3) is 7.68. The van der Waals surface area contributed by atoms with E-state index in [2.05, 4.69) is 31.9 Å². The Kier molecular flexibility index (Phi) is 8.58. The average molecular weight is 408 g/mol. The molecule has 0 saturated carbocycles. The molecule has 3 N–H and O–H groups in total. The summed E-state index contributed by atoms with van der Waals surface area (Å²) in [6.07, 6.45) is 2.44. The highest BCUT2D eigenvalue weighted by Crippen LogP contribution is 2.26. The van der Waals surface area contributed by atoms with Crippen LogP contribution in [0.5, 0.6) is 0 Å². The summed E-state index contributed by atoms with van der Waals surface area (Å²) in [5.74, 6) is 0.563. The minimum absolute atomic E-state index is 0.0874. The molecule has 1 aromatic carbocycles. The number of nitrogens with zero attached hydrogens (tertiary/aromatic N) is 2. The molecule has 1 saturated heterocycles. The van der Waals surface area contributed by atoms with Crippen LogP contribution >= 0.6 is 11.6 Å². The number of hydrogen-bond acceptors (Lipinski definition) is 3. The van der Waals surface area contributed by atoms with Crippen molar-refractivity contribution < 1.29 is 4.79 Å². The van der Waals surface area contributed by atoms with Crippen molar-refractivity contribution >= 4 is 23.5 Å². The Morgan fingerprint density at radius 3 is 2.57 bits per heavy atom. The lowest BCUT2D eigenvalue weighted by atomic mass is 10.1. The van der Waals surface area contributed by atoms with Crippen molar-refractivity contribution in [2.75, 3.05) is 32.7 Å². The highest BCUT2D eigenvalue weighted by molar-refractivity contribution is 6.30. The second-order valence-electron chi connectivity index (χ2n) is 8.19. The van der Waals surface area contributed by atoms with Gasteiger partial charge in [0.25, 0.3) is 0 Å². The first-order valence-corrected chi connectivity index (χ1v) is 10.5. The number of carbonyl (C=O) groups is 1. The summed E-state index contributed by atoms with van der Waals surface area (Å²) in [7, 11) is 0. The molecule has 0 spiro atoms. The molecule has 28 heavy (non-hydrogen) atoms. The number of benzene rings is 1. The molecule has 1 aliphatic heterocycles. The van der Waals surface area contributed by atoms with Gasteiger partial charge >= 0.3 is 0 Å². The van der Waals surface area contributed by atoms with Crippen LogP contribution in [-0.2, 0) is 4.79 Å². The van der Waals surface area contributed by atoms with Crippen molar-refractivity contribution in [1.29, 1.82) is 0 Å². The van der Waals surface area contributed by atoms with Crippen LogP contribution in [0.2, 0.25) is 5.02 Å². The maximum absolute atomic E-state index is 12.1. The van der Waals surface area contributed by atoms with E-state index in [1.165, 1.54) is 18.4 Å². The Labute approximate surface area is 174 Å². The van der Waals surface area contributed by atoms with Crippen molar-refractivity contribution in [2.24, 2.45) is 4.99 Å². The second kappa shape index (κ2) is 10.7. The van der Waals surface area contributed by atoms with Crippen molar-refractivity contribution in [1.82, 2.24) is 20.9 Å². The van der Waals surface area contributed by atoms with Crippen molar-refractivity contribution in [3.63, 3.8) is 0 Å². The molecule has 156 valence electrons. The lowest BCUT2D eigenvalue weighted by Crippen LogP contribution is -2.44. The SMILES string of the molecule is CCNC(=NCC(=O)NC(C)(C)C)NCC(c1cccc(Cl)c1)N1CCCC1. The average Bonchev–Trinajstić information content (AvgIpc) is 3.12. The molecular formula is C21H34ClN5O. The zero-order valence-corrected chi connectivity index (χ0v) is 18.3. The van der Waals surface area contributed by atoms with E-state index in [0.717, 1.165) is 24.7 Å². The Morgan fingerprint density at radius 1 is 1.25 bits per heavy atom. The van der Waals surface area contributed by atoms with Gasteiger partial charge in [0.15, 0.2) is 5.96 Å². The molecule has 1 fully saturated rings. The quantitative estimate of drug-likeness (QED) is 0.480. The number of hydrogen-bond donors (Lipinski definition) is 3. The summed E-state index contributed by atoms with van der Waals surface area (Å²) >= 11 is 6.23. The molecule has 7 heteroatoms. The Balaban J connectivity index is 2.04. The smallest absolute Gasteiger partial charge is 0.242 e. The number of rotatable bonds is 7. The predicted octanol–water partition coefficient (Wildman–Crippen LogP) is 2.95. The Bertz CT molecular complexity index is 665. The molecule has 1 heterocycles. The van der Waals surface area contributed by atoms with Crippen LogP contribution in [0.4, 0.5) is 0 Å². The lowest BCUT2D eigenvalue weighted by molar-refractivity contribution is -0.121. The van der Waals surface area contributed by atoms with Gasteiger partial charge < -0.3 is 16.0 Å². The summed E-state index contributed by atoms with van der Waals surface area (Å²) < 4.78 is 0. The minimum Gasteiger partial charge on any atom is -0.357 e. The van der Waals surface area contributed by atoms with Crippen LogP contribution in [-0.4, -0.2) is 55.0 Å². The van der Waals surface area contributed by atoms with Crippen molar-refractivity contribution in [3.8, 4) is 0 Å². The fourth-order valence-corrected chi connectivity index (χ4v) is 3.57. The number of carbonyl (C=O) groups excluding carboxylic acids is 1. The molecule has 0 radical (unpaired) electrons. The highest BCUT2D eigenvalue weighted by atomic mass is 35.5. The zero-order valence-electron chi connectivity index (χ0n) is 17.5. The summed E-state index contributed by atoms with van der Waals surface area (Å²) in [5, 5.41) is 10.3. The van der Waals surface area contributed by atoms with E-state index in [-0.39, 0.29) is 24.0 Å². The lowest BCUT2D eigenvalue weighted by Gasteiger charge is -2.29. The third-order valence-electron chi connectivity index (χ3n) is 4.52. The van der Waals surface area contributed by atoms with E-state index in [0.29, 0.717) is 12.5 Å². The van der Waals surface area contributed by atoms with Crippen LogP contribution in [0, 0.1) is 0 Å². The highest BCUT2D eigenvalue weighted by Gasteiger charge is 2.24. The van der Waals surface area contributed by atoms with E-state index >= 15 is 0 Å². The van der Waals surface area contributed by atoms with Gasteiger partial charge in [-0.15, -0.1) is 0 Å². The van der Waals surface area contributed by atoms with Crippen LogP contribution in [0.3, 0.4) is 0 Å². The molecule has 1 atom stereocenters. The van der Waals surface area contributed by atoms with E-state index < -0.39 is 0 Å². The predicted molar refractivity (Wildman–Crippen MR) is 117 cm³/mol. The molecule has 1 aliphatic rings. The number of nitrogens with one attached hydrogen (secondary N) is 3. The molecule has 0 aromatic heterocycles. The van der Waals surface area contributed by atoms with E-state index in [1.54, 1.807) is 0 Å². The fraction of sp³-hybridized carbons (Fsp3) is 0.619. The number of guanidine groups is 1. The van der Waals surface area contributed by atoms with E-state index in [4.69, 9.17) is 11.6 Å². The zero-order chi connectivity index (χ0) is 20.6. The van der Waals surface area contributed by atoms with Crippen molar-refractivity contribution in [2.45, 2.75) is 52.1 Å². The monoisotopic (exact) mass is 407 g/mol. The standard InChI is InChI=1S/C21H34ClN5O/c1-5-23-20(25-15-19(28)26-21(2,3)4)24-14-18(27-11-6-7-12-27)16-9-8-10-17(22)13-16/h8-10,13,18H,5-7,11-12,14-15H2,1-4H3,(H,26,28)(H2,23,24,25). The number of halogens is 1. The van der Waals surface area contributed by atoms with Gasteiger partial charge in [0.1, 0.15) is 6.54 Å². The fourth-order valence-electron chi connectivity index (χ4n) is 3.37. The van der Waals surface area contributed by atoms with Gasteiger partial charge in [0.2, 0.25) is 5.91 Å². The maximum Gasteiger partial charge on any atom is 0.242 e. The summed E-state index contributed by atoms with van der Waals surface area (Å²) in [4.78, 5) is 19.0. The van der Waals surface area contributed by atoms with Gasteiger partial charge in [0, 0.05) is 23.7 Å². The second-order valence-corrected chi connectivity index (χ2v) is 8.62. The minimum atomic E-state index is -0.258. The van der Waals surface area contributed by atoms with Crippen LogP contribution in [0.1, 0.15) is 52.1 Å². The van der Waals surface area contributed by atoms with Gasteiger partial charge in [-0.2, -0.15) is 0 Å². The van der Waals surface area contributed by atoms with E-state index in [1.807, 2.05) is 45.9 Å². The largest absolute Gasteiger partial charge is 0.357 e. The molecular weight excluding hydrogens is 374 g/mol. The van der Waals surface area contributed by atoms with Gasteiger partial charge in [0.05, 0.1) is 6.04 Å². The van der Waals surface area contributed by atoms with Gasteiger partial charge in [-0.1, -0.05) is 23.7 Å². The molecule has 1 aromatic rings. The number of aliphatic imine (C=N–C) groups is 1. The van der Waals surface area contributed by atoms with Crippen LogP contribution in [0.15, 0.2) is 29.3 Å². The molecule has 6 nitrogen and oxygen atoms in total. The number of likely N-dealkylation sites (tertiary alicyclic amines) is 1. The van der Waals surface area contributed by atoms with Crippen molar-refractivity contribution in [3.05, 3.63) is 34.9 Å². The summed E-state index contributed by atoms with van der Waals surface area (Å²) in [6, 6.07) is 8.27. The van der Waals surface area contributed by atoms with Crippen LogP contribution < -0.4 is 16.0 Å². The van der Waals surface area contributed by atoms with Gasteiger partial charge in [-0.25, -0.2) is 4.99 Å². The molecule has 2 rings (SSSR count). The first-order valence-electron chi connectivity index (χ1n) is 10.1. The van der Waals surface area contributed by atoms with Gasteiger partial charge in [-0.05, 0) is 71.3 Å². The molecule has 1 amide bonds. The van der Waals surface area contributed by atoms with Crippen LogP contribution in [0.25, 0.3) is 0 Å². The van der Waals surface area contributed by atoms with Gasteiger partial charge in [-0.3, -0.25) is 9.69 Å². The molecule has 1 unspecified atom stereocenters. The molecule has 0 aliphatic carbocycles. The Morgan fingerprint density at radius 2 is 1.96 bits per heavy atom. The first-order chi connectivity index (χ1) is 13.3. The summed E-state index contributed by atoms with van der Waals surface area (Å²) in [6.45, 7) is 11.6. The molecule has 0 bridgehead atoms. The van der Waals surface area contributed by atoms with E-state index in [9.17, 15) is 4.79 Å². The Hall–Kier alpha value is -1.79. The third-order valence-corrected chi connectivity index (χ3v) is 4.75. The first kappa shape index (κ1) is 22.5. The normalized spacial score (nSPS) is 16.7. The topological polar surface area (TPSA) is 68.8 Å². The summed E-state index contributed by atoms with van der Waals surface area (Å²) in [5.41, 5.74) is 0.939. The maximum atomic E-state index is 12.1.